The lowest BCUT2D eigenvalue weighted by atomic mass is 9.85. The van der Waals surface area contributed by atoms with Crippen LogP contribution in [-0.2, 0) is 9.59 Å². The van der Waals surface area contributed by atoms with Crippen molar-refractivity contribution in [3.63, 3.8) is 0 Å². The van der Waals surface area contributed by atoms with Crippen molar-refractivity contribution in [1.82, 2.24) is 4.90 Å². The van der Waals surface area contributed by atoms with Crippen LogP contribution in [0.25, 0.3) is 0 Å². The second kappa shape index (κ2) is 5.14. The Bertz CT molecular complexity index is 376. The van der Waals surface area contributed by atoms with Crippen molar-refractivity contribution in [2.24, 2.45) is 17.8 Å². The van der Waals surface area contributed by atoms with Crippen LogP contribution in [0, 0.1) is 17.8 Å². The van der Waals surface area contributed by atoms with Gasteiger partial charge in [0.2, 0.25) is 5.91 Å². The van der Waals surface area contributed by atoms with Crippen molar-refractivity contribution in [2.75, 3.05) is 6.54 Å². The summed E-state index contributed by atoms with van der Waals surface area (Å²) < 4.78 is 0. The zero-order chi connectivity index (χ0) is 13.4. The molecule has 3 rings (SSSR count). The van der Waals surface area contributed by atoms with Crippen molar-refractivity contribution >= 4 is 11.9 Å². The summed E-state index contributed by atoms with van der Waals surface area (Å²) in [6.45, 7) is 0.643. The quantitative estimate of drug-likeness (QED) is 0.851. The number of likely N-dealkylation sites (tertiary alicyclic amines) is 1. The SMILES string of the molecule is O=C(O)[C@@H]1CCCN1C(=O)C1CC1C1CCCCC1. The number of carboxylic acids is 1. The molecular weight excluding hydrogens is 242 g/mol. The predicted molar refractivity (Wildman–Crippen MR) is 70.5 cm³/mol. The van der Waals surface area contributed by atoms with E-state index in [1.165, 1.54) is 32.1 Å². The van der Waals surface area contributed by atoms with E-state index in [2.05, 4.69) is 0 Å². The lowest BCUT2D eigenvalue weighted by Crippen LogP contribution is -2.41. The summed E-state index contributed by atoms with van der Waals surface area (Å²) in [6, 6.07) is -0.555. The highest BCUT2D eigenvalue weighted by Crippen LogP contribution is 2.50. The van der Waals surface area contributed by atoms with E-state index in [-0.39, 0.29) is 11.8 Å². The molecule has 1 heterocycles. The number of hydrogen-bond acceptors (Lipinski definition) is 2. The summed E-state index contributed by atoms with van der Waals surface area (Å²) in [7, 11) is 0. The van der Waals surface area contributed by atoms with Gasteiger partial charge in [-0.2, -0.15) is 0 Å². The average Bonchev–Trinajstić information content (AvgIpc) is 3.06. The Morgan fingerprint density at radius 3 is 2.42 bits per heavy atom. The minimum absolute atomic E-state index is 0.125. The van der Waals surface area contributed by atoms with Crippen molar-refractivity contribution < 1.29 is 14.7 Å². The van der Waals surface area contributed by atoms with Gasteiger partial charge in [-0.25, -0.2) is 4.79 Å². The Kier molecular flexibility index (Phi) is 3.50. The van der Waals surface area contributed by atoms with Crippen LogP contribution in [-0.4, -0.2) is 34.5 Å². The molecule has 19 heavy (non-hydrogen) atoms. The first-order valence-electron chi connectivity index (χ1n) is 7.72. The van der Waals surface area contributed by atoms with Crippen molar-refractivity contribution in [1.29, 1.82) is 0 Å². The molecular formula is C15H23NO3. The lowest BCUT2D eigenvalue weighted by Gasteiger charge is -2.24. The van der Waals surface area contributed by atoms with Crippen LogP contribution in [0.15, 0.2) is 0 Å². The fraction of sp³-hybridized carbons (Fsp3) is 0.867. The van der Waals surface area contributed by atoms with Crippen LogP contribution in [0.3, 0.4) is 0 Å². The molecule has 3 atom stereocenters. The smallest absolute Gasteiger partial charge is 0.326 e. The molecule has 0 aromatic carbocycles. The van der Waals surface area contributed by atoms with Gasteiger partial charge in [0, 0.05) is 12.5 Å². The molecule has 3 aliphatic rings. The van der Waals surface area contributed by atoms with Crippen molar-refractivity contribution in [3.05, 3.63) is 0 Å². The van der Waals surface area contributed by atoms with E-state index in [1.807, 2.05) is 0 Å². The van der Waals surface area contributed by atoms with Gasteiger partial charge in [-0.3, -0.25) is 4.79 Å². The van der Waals surface area contributed by atoms with Gasteiger partial charge in [0.25, 0.3) is 0 Å². The molecule has 4 heteroatoms. The zero-order valence-corrected chi connectivity index (χ0v) is 11.4. The molecule has 3 fully saturated rings. The maximum Gasteiger partial charge on any atom is 0.326 e. The molecule has 1 aliphatic heterocycles. The van der Waals surface area contributed by atoms with E-state index in [9.17, 15) is 9.59 Å². The molecule has 0 spiro atoms. The topological polar surface area (TPSA) is 57.6 Å². The number of amides is 1. The van der Waals surface area contributed by atoms with Crippen molar-refractivity contribution in [3.8, 4) is 0 Å². The van der Waals surface area contributed by atoms with Gasteiger partial charge in [-0.05, 0) is 31.1 Å². The van der Waals surface area contributed by atoms with Crippen LogP contribution < -0.4 is 0 Å². The summed E-state index contributed by atoms with van der Waals surface area (Å²) in [4.78, 5) is 25.2. The molecule has 2 unspecified atom stereocenters. The Morgan fingerprint density at radius 2 is 1.74 bits per heavy atom. The number of carbonyl (C=O) groups is 2. The van der Waals surface area contributed by atoms with Crippen LogP contribution in [0.5, 0.6) is 0 Å². The van der Waals surface area contributed by atoms with Gasteiger partial charge >= 0.3 is 5.97 Å². The normalized spacial score (nSPS) is 35.4. The van der Waals surface area contributed by atoms with Gasteiger partial charge in [0.05, 0.1) is 0 Å². The Hall–Kier alpha value is -1.06. The number of aliphatic carboxylic acids is 1. The third kappa shape index (κ3) is 2.49. The molecule has 2 saturated carbocycles. The second-order valence-corrected chi connectivity index (χ2v) is 6.43. The molecule has 106 valence electrons. The summed E-state index contributed by atoms with van der Waals surface area (Å²) in [5.41, 5.74) is 0. The van der Waals surface area contributed by atoms with Gasteiger partial charge in [0.1, 0.15) is 6.04 Å². The molecule has 0 aromatic rings. The number of carbonyl (C=O) groups excluding carboxylic acids is 1. The minimum Gasteiger partial charge on any atom is -0.480 e. The molecule has 1 amide bonds. The maximum absolute atomic E-state index is 12.4. The number of hydrogen-bond donors (Lipinski definition) is 1. The van der Waals surface area contributed by atoms with Crippen LogP contribution in [0.4, 0.5) is 0 Å². The third-order valence-corrected chi connectivity index (χ3v) is 5.23. The largest absolute Gasteiger partial charge is 0.480 e. The molecule has 2 aliphatic carbocycles. The van der Waals surface area contributed by atoms with Crippen LogP contribution >= 0.6 is 0 Å². The summed E-state index contributed by atoms with van der Waals surface area (Å²) in [6.07, 6.45) is 8.98. The summed E-state index contributed by atoms with van der Waals surface area (Å²) in [5, 5.41) is 9.16. The predicted octanol–water partition coefficient (Wildman–Crippen LogP) is 2.28. The second-order valence-electron chi connectivity index (χ2n) is 6.43. The van der Waals surface area contributed by atoms with E-state index in [1.54, 1.807) is 4.90 Å². The van der Waals surface area contributed by atoms with Gasteiger partial charge in [-0.15, -0.1) is 0 Å². The summed E-state index contributed by atoms with van der Waals surface area (Å²) in [5.74, 6) is 0.723. The highest BCUT2D eigenvalue weighted by molar-refractivity contribution is 5.87. The third-order valence-electron chi connectivity index (χ3n) is 5.23. The minimum atomic E-state index is -0.833. The lowest BCUT2D eigenvalue weighted by molar-refractivity contribution is -0.148. The number of rotatable bonds is 3. The number of nitrogens with zero attached hydrogens (tertiary/aromatic N) is 1. The van der Waals surface area contributed by atoms with Crippen molar-refractivity contribution in [2.45, 2.75) is 57.4 Å². The van der Waals surface area contributed by atoms with Gasteiger partial charge in [-0.1, -0.05) is 32.1 Å². The fourth-order valence-electron chi connectivity index (χ4n) is 4.08. The molecule has 1 N–H and O–H groups in total. The van der Waals surface area contributed by atoms with Crippen LogP contribution in [0.2, 0.25) is 0 Å². The Labute approximate surface area is 114 Å². The molecule has 1 saturated heterocycles. The first kappa shape index (κ1) is 12.9. The first-order valence-corrected chi connectivity index (χ1v) is 7.72. The number of carboxylic acid groups (broad SMARTS) is 1. The van der Waals surface area contributed by atoms with E-state index < -0.39 is 12.0 Å². The standard InChI is InChI=1S/C15H23NO3/c17-14(16-8-4-7-13(16)15(18)19)12-9-11(12)10-5-2-1-3-6-10/h10-13H,1-9H2,(H,18,19)/t11?,12?,13-/m0/s1. The molecule has 0 aromatic heterocycles. The van der Waals surface area contributed by atoms with E-state index in [4.69, 9.17) is 5.11 Å². The maximum atomic E-state index is 12.4. The van der Waals surface area contributed by atoms with E-state index in [0.29, 0.717) is 18.9 Å². The van der Waals surface area contributed by atoms with Gasteiger partial charge < -0.3 is 10.0 Å². The highest BCUT2D eigenvalue weighted by atomic mass is 16.4. The van der Waals surface area contributed by atoms with Crippen LogP contribution in [0.1, 0.15) is 51.4 Å². The Balaban J connectivity index is 1.58. The molecule has 0 radical (unpaired) electrons. The monoisotopic (exact) mass is 265 g/mol. The Morgan fingerprint density at radius 1 is 1.00 bits per heavy atom. The highest BCUT2D eigenvalue weighted by Gasteiger charge is 2.50. The summed E-state index contributed by atoms with van der Waals surface area (Å²) >= 11 is 0. The zero-order valence-electron chi connectivity index (χ0n) is 11.4. The first-order chi connectivity index (χ1) is 9.18. The molecule has 0 bridgehead atoms. The van der Waals surface area contributed by atoms with E-state index in [0.717, 1.165) is 18.8 Å². The average molecular weight is 265 g/mol. The molecule has 4 nitrogen and oxygen atoms in total. The van der Waals surface area contributed by atoms with E-state index >= 15 is 0 Å². The fourth-order valence-corrected chi connectivity index (χ4v) is 4.08. The van der Waals surface area contributed by atoms with Gasteiger partial charge in [0.15, 0.2) is 0 Å².